The van der Waals surface area contributed by atoms with E-state index in [9.17, 15) is 9.90 Å². The molecule has 0 radical (unpaired) electrons. The van der Waals surface area contributed by atoms with Gasteiger partial charge in [-0.15, -0.1) is 0 Å². The minimum absolute atomic E-state index is 0.00575. The quantitative estimate of drug-likeness (QED) is 0.579. The van der Waals surface area contributed by atoms with Crippen molar-refractivity contribution in [2.24, 2.45) is 11.7 Å². The molecule has 0 aliphatic heterocycles. The fourth-order valence-corrected chi connectivity index (χ4v) is 3.09. The lowest BCUT2D eigenvalue weighted by Crippen LogP contribution is -2.52. The van der Waals surface area contributed by atoms with Gasteiger partial charge in [-0.2, -0.15) is 8.78 Å². The van der Waals surface area contributed by atoms with Crippen LogP contribution in [0.3, 0.4) is 0 Å². The smallest absolute Gasteiger partial charge is 0.311 e. The van der Waals surface area contributed by atoms with Crippen LogP contribution >= 0.6 is 0 Å². The number of hydrogen-bond donors (Lipinski definition) is 2. The van der Waals surface area contributed by atoms with E-state index in [4.69, 9.17) is 10.5 Å². The van der Waals surface area contributed by atoms with Gasteiger partial charge in [0.05, 0.1) is 6.04 Å². The number of hydrogen-bond acceptors (Lipinski definition) is 4. The van der Waals surface area contributed by atoms with Crippen LogP contribution in [0.2, 0.25) is 0 Å². The van der Waals surface area contributed by atoms with Crippen LogP contribution in [0.15, 0.2) is 60.7 Å². The van der Waals surface area contributed by atoms with E-state index in [0.717, 1.165) is 5.56 Å². The van der Waals surface area contributed by atoms with Gasteiger partial charge in [-0.1, -0.05) is 74.5 Å². The molecule has 2 aromatic rings. The number of halogens is 2. The van der Waals surface area contributed by atoms with Crippen LogP contribution in [0, 0.1) is 5.92 Å². The summed E-state index contributed by atoms with van der Waals surface area (Å²) in [6, 6.07) is 16.1. The first kappa shape index (κ1) is 23.0. The van der Waals surface area contributed by atoms with Crippen molar-refractivity contribution in [3.63, 3.8) is 0 Å². The van der Waals surface area contributed by atoms with E-state index < -0.39 is 30.1 Å². The number of alkyl halides is 2. The van der Waals surface area contributed by atoms with Gasteiger partial charge in [0, 0.05) is 6.42 Å². The summed E-state index contributed by atoms with van der Waals surface area (Å²) in [7, 11) is 0. The minimum Gasteiger partial charge on any atom is -0.454 e. The summed E-state index contributed by atoms with van der Waals surface area (Å²) in [6.07, 6.45) is -3.90. The van der Waals surface area contributed by atoms with Gasteiger partial charge >= 0.3 is 11.9 Å². The standard InChI is InChI=1S/C23H29F2NO3/c1-16(2)15-20(28)29-22(21(26)18-11-7-4-8-12-18)23(24,25)19(27)14-13-17-9-5-3-6-10-17/h3-12,16,19,21-22,27H,13-15,26H2,1-2H3. The van der Waals surface area contributed by atoms with Crippen molar-refractivity contribution in [3.05, 3.63) is 71.8 Å². The van der Waals surface area contributed by atoms with Crippen molar-refractivity contribution in [1.29, 1.82) is 0 Å². The van der Waals surface area contributed by atoms with E-state index in [0.29, 0.717) is 5.56 Å². The number of carbonyl (C=O) groups is 1. The van der Waals surface area contributed by atoms with E-state index in [2.05, 4.69) is 0 Å². The van der Waals surface area contributed by atoms with E-state index in [-0.39, 0.29) is 25.2 Å². The Balaban J connectivity index is 2.20. The summed E-state index contributed by atoms with van der Waals surface area (Å²) in [6.45, 7) is 3.58. The monoisotopic (exact) mass is 405 g/mol. The van der Waals surface area contributed by atoms with E-state index in [1.54, 1.807) is 56.3 Å². The average Bonchev–Trinajstić information content (AvgIpc) is 2.70. The normalized spacial score (nSPS) is 15.0. The molecule has 29 heavy (non-hydrogen) atoms. The van der Waals surface area contributed by atoms with Crippen molar-refractivity contribution in [1.82, 2.24) is 0 Å². The second-order valence-corrected chi connectivity index (χ2v) is 7.66. The molecule has 0 bridgehead atoms. The summed E-state index contributed by atoms with van der Waals surface area (Å²) in [5, 5.41) is 10.3. The van der Waals surface area contributed by atoms with Crippen LogP contribution in [-0.2, 0) is 16.0 Å². The molecule has 158 valence electrons. The number of nitrogens with two attached hydrogens (primary N) is 1. The highest BCUT2D eigenvalue weighted by molar-refractivity contribution is 5.70. The Morgan fingerprint density at radius 1 is 1.07 bits per heavy atom. The van der Waals surface area contributed by atoms with Crippen molar-refractivity contribution in [2.75, 3.05) is 0 Å². The Morgan fingerprint density at radius 2 is 1.62 bits per heavy atom. The summed E-state index contributed by atoms with van der Waals surface area (Å²) in [4.78, 5) is 12.2. The Kier molecular flexibility index (Phi) is 8.29. The predicted molar refractivity (Wildman–Crippen MR) is 108 cm³/mol. The van der Waals surface area contributed by atoms with Crippen molar-refractivity contribution < 1.29 is 23.4 Å². The first-order valence-electron chi connectivity index (χ1n) is 9.81. The molecule has 3 unspecified atom stereocenters. The van der Waals surface area contributed by atoms with E-state index in [1.165, 1.54) is 0 Å². The molecular formula is C23H29F2NO3. The Morgan fingerprint density at radius 3 is 2.17 bits per heavy atom. The highest BCUT2D eigenvalue weighted by Crippen LogP contribution is 2.35. The number of aryl methyl sites for hydroxylation is 1. The van der Waals surface area contributed by atoms with Crippen LogP contribution in [0.1, 0.15) is 43.9 Å². The minimum atomic E-state index is -3.71. The van der Waals surface area contributed by atoms with Gasteiger partial charge < -0.3 is 15.6 Å². The fraction of sp³-hybridized carbons (Fsp3) is 0.435. The molecule has 6 heteroatoms. The Bertz CT molecular complexity index is 753. The molecule has 2 rings (SSSR count). The zero-order valence-electron chi connectivity index (χ0n) is 16.8. The molecule has 2 aromatic carbocycles. The third-order valence-corrected chi connectivity index (χ3v) is 4.72. The largest absolute Gasteiger partial charge is 0.454 e. The van der Waals surface area contributed by atoms with Crippen LogP contribution in [-0.4, -0.2) is 29.2 Å². The summed E-state index contributed by atoms with van der Waals surface area (Å²) < 4.78 is 35.6. The summed E-state index contributed by atoms with van der Waals surface area (Å²) in [5.41, 5.74) is 7.32. The van der Waals surface area contributed by atoms with Gasteiger partial charge in [-0.05, 0) is 29.9 Å². The van der Waals surface area contributed by atoms with Crippen molar-refractivity contribution in [3.8, 4) is 0 Å². The summed E-state index contributed by atoms with van der Waals surface area (Å²) in [5.74, 6) is -4.52. The van der Waals surface area contributed by atoms with E-state index >= 15 is 8.78 Å². The number of ether oxygens (including phenoxy) is 1. The third-order valence-electron chi connectivity index (χ3n) is 4.72. The van der Waals surface area contributed by atoms with E-state index in [1.807, 2.05) is 18.2 Å². The highest BCUT2D eigenvalue weighted by Gasteiger charge is 2.51. The number of rotatable bonds is 10. The Hall–Kier alpha value is -2.31. The SMILES string of the molecule is CC(C)CC(=O)OC(C(N)c1ccccc1)C(F)(F)C(O)CCc1ccccc1. The van der Waals surface area contributed by atoms with Gasteiger partial charge in [0.25, 0.3) is 0 Å². The molecule has 0 saturated carbocycles. The molecule has 0 fully saturated rings. The lowest BCUT2D eigenvalue weighted by molar-refractivity contribution is -0.207. The van der Waals surface area contributed by atoms with Gasteiger partial charge in [0.1, 0.15) is 6.10 Å². The maximum atomic E-state index is 15.2. The molecule has 3 atom stereocenters. The fourth-order valence-electron chi connectivity index (χ4n) is 3.09. The number of esters is 1. The number of benzene rings is 2. The molecule has 0 heterocycles. The molecule has 0 amide bonds. The van der Waals surface area contributed by atoms with Gasteiger partial charge in [-0.25, -0.2) is 0 Å². The first-order valence-corrected chi connectivity index (χ1v) is 9.81. The predicted octanol–water partition coefficient (Wildman–Crippen LogP) is 4.27. The molecule has 3 N–H and O–H groups in total. The third kappa shape index (κ3) is 6.61. The van der Waals surface area contributed by atoms with Crippen molar-refractivity contribution in [2.45, 2.75) is 57.3 Å². The Labute approximate surface area is 170 Å². The van der Waals surface area contributed by atoms with Crippen LogP contribution in [0.5, 0.6) is 0 Å². The second-order valence-electron chi connectivity index (χ2n) is 7.66. The molecule has 4 nitrogen and oxygen atoms in total. The molecule has 0 spiro atoms. The van der Waals surface area contributed by atoms with Crippen LogP contribution < -0.4 is 5.73 Å². The molecule has 0 saturated heterocycles. The average molecular weight is 405 g/mol. The van der Waals surface area contributed by atoms with Crippen LogP contribution in [0.25, 0.3) is 0 Å². The molecule has 0 aliphatic rings. The van der Waals surface area contributed by atoms with Gasteiger partial charge in [0.15, 0.2) is 6.10 Å². The number of aliphatic hydroxyl groups excluding tert-OH is 1. The lowest BCUT2D eigenvalue weighted by atomic mass is 9.92. The van der Waals surface area contributed by atoms with Gasteiger partial charge in [0.2, 0.25) is 0 Å². The van der Waals surface area contributed by atoms with Crippen molar-refractivity contribution >= 4 is 5.97 Å². The number of carbonyl (C=O) groups excluding carboxylic acids is 1. The maximum absolute atomic E-state index is 15.2. The zero-order valence-corrected chi connectivity index (χ0v) is 16.8. The zero-order chi connectivity index (χ0) is 21.4. The maximum Gasteiger partial charge on any atom is 0.311 e. The second kappa shape index (κ2) is 10.5. The highest BCUT2D eigenvalue weighted by atomic mass is 19.3. The number of aliphatic hydroxyl groups is 1. The van der Waals surface area contributed by atoms with Gasteiger partial charge in [-0.3, -0.25) is 4.79 Å². The first-order chi connectivity index (χ1) is 13.7. The topological polar surface area (TPSA) is 72.5 Å². The summed E-state index contributed by atoms with van der Waals surface area (Å²) >= 11 is 0. The molecule has 0 aliphatic carbocycles. The van der Waals surface area contributed by atoms with Crippen LogP contribution in [0.4, 0.5) is 8.78 Å². The molecule has 0 aromatic heterocycles. The molecular weight excluding hydrogens is 376 g/mol. The lowest BCUT2D eigenvalue weighted by Gasteiger charge is -2.34.